The normalized spacial score (nSPS) is 12.5. The lowest BCUT2D eigenvalue weighted by molar-refractivity contribution is -0.119. The molecule has 0 aliphatic carbocycles. The van der Waals surface area contributed by atoms with Crippen molar-refractivity contribution in [1.29, 1.82) is 0 Å². The van der Waals surface area contributed by atoms with Crippen molar-refractivity contribution in [3.63, 3.8) is 0 Å². The number of nitrogens with zero attached hydrogens (tertiary/aromatic N) is 2. The van der Waals surface area contributed by atoms with Crippen molar-refractivity contribution >= 4 is 22.4 Å². The molecule has 2 N–H and O–H groups in total. The number of carbonyl (C=O) groups excluding carboxylic acids is 1. The summed E-state index contributed by atoms with van der Waals surface area (Å²) in [5.41, 5.74) is 6.77. The quantitative estimate of drug-likeness (QED) is 0.857. The molecule has 1 unspecified atom stereocenters. The van der Waals surface area contributed by atoms with Crippen LogP contribution in [0.5, 0.6) is 0 Å². The molecule has 0 saturated carbocycles. The minimum atomic E-state index is -0.408. The van der Waals surface area contributed by atoms with Gasteiger partial charge in [-0.3, -0.25) is 9.69 Å². The summed E-state index contributed by atoms with van der Waals surface area (Å²) < 4.78 is 0. The first-order chi connectivity index (χ1) is 7.60. The fourth-order valence-electron chi connectivity index (χ4n) is 1.49. The maximum Gasteiger partial charge on any atom is 0.245 e. The van der Waals surface area contributed by atoms with Gasteiger partial charge in [0.2, 0.25) is 5.91 Å². The number of anilines is 1. The van der Waals surface area contributed by atoms with Gasteiger partial charge in [0.25, 0.3) is 0 Å². The number of aromatic nitrogens is 1. The Kier molecular flexibility index (Phi) is 4.89. The third-order valence-corrected chi connectivity index (χ3v) is 3.32. The molecule has 0 aromatic carbocycles. The number of hydrogen-bond donors (Lipinski definition) is 1. The molecular weight excluding hydrogens is 222 g/mol. The first kappa shape index (κ1) is 13.1. The molecule has 0 aliphatic heterocycles. The summed E-state index contributed by atoms with van der Waals surface area (Å²) in [6, 6.07) is -0.408. The van der Waals surface area contributed by atoms with E-state index in [-0.39, 0.29) is 5.91 Å². The molecule has 16 heavy (non-hydrogen) atoms. The lowest BCUT2D eigenvalue weighted by Crippen LogP contribution is -2.43. The summed E-state index contributed by atoms with van der Waals surface area (Å²) in [5.74, 6) is -0.0290. The van der Waals surface area contributed by atoms with Crippen LogP contribution in [0.4, 0.5) is 5.13 Å². The topological polar surface area (TPSA) is 59.2 Å². The molecule has 0 fully saturated rings. The van der Waals surface area contributed by atoms with E-state index in [0.29, 0.717) is 6.54 Å². The Morgan fingerprint density at radius 1 is 1.62 bits per heavy atom. The largest absolute Gasteiger partial charge is 0.320 e. The van der Waals surface area contributed by atoms with Crippen LogP contribution >= 0.6 is 11.3 Å². The van der Waals surface area contributed by atoms with Gasteiger partial charge >= 0.3 is 0 Å². The number of nitrogens with two attached hydrogens (primary N) is 1. The number of amides is 1. The van der Waals surface area contributed by atoms with Crippen molar-refractivity contribution in [1.82, 2.24) is 4.98 Å². The number of hydrogen-bond acceptors (Lipinski definition) is 4. The molecule has 0 saturated heterocycles. The van der Waals surface area contributed by atoms with Gasteiger partial charge in [0.15, 0.2) is 5.13 Å². The van der Waals surface area contributed by atoms with Crippen LogP contribution < -0.4 is 10.6 Å². The Balaban J connectivity index is 2.78. The Hall–Kier alpha value is -0.940. The van der Waals surface area contributed by atoms with E-state index in [1.165, 1.54) is 11.3 Å². The zero-order valence-corrected chi connectivity index (χ0v) is 10.9. The Morgan fingerprint density at radius 2 is 2.31 bits per heavy atom. The summed E-state index contributed by atoms with van der Waals surface area (Å²) >= 11 is 1.48. The average Bonchev–Trinajstić information content (AvgIpc) is 2.66. The molecule has 0 aliphatic rings. The standard InChI is InChI=1S/C11H19N3OS/c1-4-6-9(12)10(15)14(5-2)11-13-8(3)7-16-11/h7,9H,4-6,12H2,1-3H3. The predicted octanol–water partition coefficient (Wildman–Crippen LogP) is 1.93. The van der Waals surface area contributed by atoms with E-state index in [4.69, 9.17) is 5.73 Å². The number of rotatable bonds is 5. The van der Waals surface area contributed by atoms with Gasteiger partial charge in [-0.25, -0.2) is 4.98 Å². The summed E-state index contributed by atoms with van der Waals surface area (Å²) in [6.07, 6.45) is 1.64. The number of thiazole rings is 1. The summed E-state index contributed by atoms with van der Waals surface area (Å²) in [6.45, 7) is 6.50. The first-order valence-corrected chi connectivity index (χ1v) is 6.47. The number of carbonyl (C=O) groups is 1. The minimum absolute atomic E-state index is 0.0290. The van der Waals surface area contributed by atoms with Gasteiger partial charge in [-0.05, 0) is 20.3 Å². The third-order valence-electron chi connectivity index (χ3n) is 2.34. The fraction of sp³-hybridized carbons (Fsp3) is 0.636. The van der Waals surface area contributed by atoms with Gasteiger partial charge < -0.3 is 5.73 Å². The number of likely N-dealkylation sites (N-methyl/N-ethyl adjacent to an activating group) is 1. The average molecular weight is 241 g/mol. The van der Waals surface area contributed by atoms with Crippen molar-refractivity contribution < 1.29 is 4.79 Å². The number of aryl methyl sites for hydroxylation is 1. The van der Waals surface area contributed by atoms with E-state index >= 15 is 0 Å². The summed E-state index contributed by atoms with van der Waals surface area (Å²) in [4.78, 5) is 18.0. The van der Waals surface area contributed by atoms with Crippen molar-refractivity contribution in [3.8, 4) is 0 Å². The molecule has 1 heterocycles. The Bertz CT molecular complexity index is 351. The van der Waals surface area contributed by atoms with Crippen LogP contribution in [0.25, 0.3) is 0 Å². The maximum atomic E-state index is 12.0. The lowest BCUT2D eigenvalue weighted by atomic mass is 10.1. The summed E-state index contributed by atoms with van der Waals surface area (Å²) in [5, 5.41) is 2.69. The van der Waals surface area contributed by atoms with Gasteiger partial charge in [0.05, 0.1) is 11.7 Å². The molecule has 0 radical (unpaired) electrons. The monoisotopic (exact) mass is 241 g/mol. The van der Waals surface area contributed by atoms with E-state index in [1.54, 1.807) is 4.90 Å². The zero-order valence-electron chi connectivity index (χ0n) is 10.1. The van der Waals surface area contributed by atoms with Gasteiger partial charge in [0, 0.05) is 11.9 Å². The van der Waals surface area contributed by atoms with E-state index < -0.39 is 6.04 Å². The van der Waals surface area contributed by atoms with Crippen LogP contribution in [0, 0.1) is 6.92 Å². The Labute approximate surface area is 100 Å². The molecule has 90 valence electrons. The Morgan fingerprint density at radius 3 is 2.75 bits per heavy atom. The maximum absolute atomic E-state index is 12.0. The van der Waals surface area contributed by atoms with Gasteiger partial charge in [-0.15, -0.1) is 11.3 Å². The molecule has 5 heteroatoms. The van der Waals surface area contributed by atoms with Crippen molar-refractivity contribution in [2.75, 3.05) is 11.4 Å². The molecule has 1 rings (SSSR count). The van der Waals surface area contributed by atoms with E-state index in [0.717, 1.165) is 23.7 Å². The van der Waals surface area contributed by atoms with Crippen molar-refractivity contribution in [2.45, 2.75) is 39.7 Å². The van der Waals surface area contributed by atoms with Crippen LogP contribution in [-0.4, -0.2) is 23.5 Å². The van der Waals surface area contributed by atoms with E-state index in [2.05, 4.69) is 4.98 Å². The smallest absolute Gasteiger partial charge is 0.245 e. The molecule has 1 aromatic rings. The van der Waals surface area contributed by atoms with Gasteiger partial charge in [-0.2, -0.15) is 0 Å². The van der Waals surface area contributed by atoms with Crippen molar-refractivity contribution in [3.05, 3.63) is 11.1 Å². The highest BCUT2D eigenvalue weighted by Gasteiger charge is 2.22. The van der Waals surface area contributed by atoms with E-state index in [9.17, 15) is 4.79 Å². The van der Waals surface area contributed by atoms with Crippen LogP contribution in [0.1, 0.15) is 32.4 Å². The van der Waals surface area contributed by atoms with Crippen LogP contribution in [-0.2, 0) is 4.79 Å². The fourth-order valence-corrected chi connectivity index (χ4v) is 2.36. The lowest BCUT2D eigenvalue weighted by Gasteiger charge is -2.21. The van der Waals surface area contributed by atoms with Gasteiger partial charge in [-0.1, -0.05) is 13.3 Å². The highest BCUT2D eigenvalue weighted by atomic mass is 32.1. The molecule has 4 nitrogen and oxygen atoms in total. The summed E-state index contributed by atoms with van der Waals surface area (Å²) in [7, 11) is 0. The minimum Gasteiger partial charge on any atom is -0.320 e. The zero-order chi connectivity index (χ0) is 12.1. The molecule has 0 spiro atoms. The molecule has 1 aromatic heterocycles. The second-order valence-electron chi connectivity index (χ2n) is 3.75. The van der Waals surface area contributed by atoms with E-state index in [1.807, 2.05) is 26.2 Å². The molecule has 1 atom stereocenters. The molecular formula is C11H19N3OS. The molecule has 1 amide bonds. The van der Waals surface area contributed by atoms with Gasteiger partial charge in [0.1, 0.15) is 0 Å². The second kappa shape index (κ2) is 5.96. The van der Waals surface area contributed by atoms with Crippen molar-refractivity contribution in [2.24, 2.45) is 5.73 Å². The third kappa shape index (κ3) is 3.02. The second-order valence-corrected chi connectivity index (χ2v) is 4.59. The predicted molar refractivity (Wildman–Crippen MR) is 67.8 cm³/mol. The van der Waals surface area contributed by atoms with Crippen LogP contribution in [0.15, 0.2) is 5.38 Å². The van der Waals surface area contributed by atoms with Crippen LogP contribution in [0.3, 0.4) is 0 Å². The SMILES string of the molecule is CCCC(N)C(=O)N(CC)c1nc(C)cs1. The van der Waals surface area contributed by atoms with Crippen LogP contribution in [0.2, 0.25) is 0 Å². The first-order valence-electron chi connectivity index (χ1n) is 5.59. The highest BCUT2D eigenvalue weighted by Crippen LogP contribution is 2.20. The molecule has 0 bridgehead atoms. The highest BCUT2D eigenvalue weighted by molar-refractivity contribution is 7.14.